The maximum absolute atomic E-state index is 13.4. The molecule has 0 aliphatic heterocycles. The van der Waals surface area contributed by atoms with Crippen molar-refractivity contribution in [3.63, 3.8) is 0 Å². The third kappa shape index (κ3) is 4.21. The number of hydrogen-bond donors (Lipinski definition) is 0. The summed E-state index contributed by atoms with van der Waals surface area (Å²) in [5.41, 5.74) is 4.05. The minimum absolute atomic E-state index is 0.247. The molecule has 0 fully saturated rings. The number of imidazole rings is 1. The molecule has 0 saturated carbocycles. The minimum atomic E-state index is -0.247. The summed E-state index contributed by atoms with van der Waals surface area (Å²) < 4.78 is 21.6. The van der Waals surface area contributed by atoms with Gasteiger partial charge in [-0.1, -0.05) is 36.4 Å². The zero-order valence-electron chi connectivity index (χ0n) is 16.2. The van der Waals surface area contributed by atoms with Crippen molar-refractivity contribution in [3.8, 4) is 17.1 Å². The predicted molar refractivity (Wildman–Crippen MR) is 116 cm³/mol. The summed E-state index contributed by atoms with van der Waals surface area (Å²) in [6.07, 6.45) is 3.50. The third-order valence-electron chi connectivity index (χ3n) is 4.88. The number of aromatic nitrogens is 2. The molecule has 3 nitrogen and oxygen atoms in total. The van der Waals surface area contributed by atoms with Crippen LogP contribution in [-0.2, 0) is 13.0 Å². The molecule has 1 heterocycles. The largest absolute Gasteiger partial charge is 0.493 e. The third-order valence-corrected chi connectivity index (χ3v) is 4.88. The minimum Gasteiger partial charge on any atom is -0.493 e. The highest BCUT2D eigenvalue weighted by atomic mass is 19.1. The van der Waals surface area contributed by atoms with Crippen molar-refractivity contribution < 1.29 is 9.13 Å². The molecule has 4 rings (SSSR count). The van der Waals surface area contributed by atoms with Gasteiger partial charge in [-0.3, -0.25) is 0 Å². The zero-order valence-corrected chi connectivity index (χ0v) is 16.2. The van der Waals surface area contributed by atoms with E-state index in [2.05, 4.69) is 23.3 Å². The fraction of sp³-hybridized carbons (Fsp3) is 0.160. The van der Waals surface area contributed by atoms with Crippen molar-refractivity contribution in [2.24, 2.45) is 0 Å². The van der Waals surface area contributed by atoms with Gasteiger partial charge in [0.15, 0.2) is 0 Å². The van der Waals surface area contributed by atoms with E-state index in [1.807, 2.05) is 42.5 Å². The van der Waals surface area contributed by atoms with Crippen molar-refractivity contribution in [2.75, 3.05) is 6.61 Å². The van der Waals surface area contributed by atoms with Crippen LogP contribution in [0.1, 0.15) is 12.0 Å². The van der Waals surface area contributed by atoms with E-state index in [-0.39, 0.29) is 5.82 Å². The Morgan fingerprint density at radius 3 is 2.55 bits per heavy atom. The molecule has 0 amide bonds. The average Bonchev–Trinajstić information content (AvgIpc) is 3.12. The van der Waals surface area contributed by atoms with Gasteiger partial charge < -0.3 is 9.30 Å². The summed E-state index contributed by atoms with van der Waals surface area (Å²) in [7, 11) is 0. The summed E-state index contributed by atoms with van der Waals surface area (Å²) in [4.78, 5) is 4.78. The van der Waals surface area contributed by atoms with Crippen LogP contribution in [0.2, 0.25) is 0 Å². The monoisotopic (exact) mass is 386 g/mol. The summed E-state index contributed by atoms with van der Waals surface area (Å²) in [6.45, 7) is 5.17. The molecule has 146 valence electrons. The molecule has 0 spiro atoms. The molecular weight excluding hydrogens is 363 g/mol. The average molecular weight is 386 g/mol. The number of allylic oxidation sites excluding steroid dienone is 1. The first-order valence-corrected chi connectivity index (χ1v) is 9.79. The molecule has 0 unspecified atom stereocenters. The normalized spacial score (nSPS) is 10.9. The van der Waals surface area contributed by atoms with Crippen LogP contribution in [0.5, 0.6) is 5.75 Å². The number of benzene rings is 3. The van der Waals surface area contributed by atoms with Crippen LogP contribution in [0.4, 0.5) is 4.39 Å². The Morgan fingerprint density at radius 1 is 0.966 bits per heavy atom. The number of ether oxygens (including phenoxy) is 1. The van der Waals surface area contributed by atoms with Crippen LogP contribution >= 0.6 is 0 Å². The van der Waals surface area contributed by atoms with Gasteiger partial charge in [0.05, 0.1) is 17.6 Å². The van der Waals surface area contributed by atoms with Crippen LogP contribution in [0.3, 0.4) is 0 Å². The maximum Gasteiger partial charge on any atom is 0.141 e. The van der Waals surface area contributed by atoms with E-state index < -0.39 is 0 Å². The van der Waals surface area contributed by atoms with Crippen LogP contribution in [-0.4, -0.2) is 16.2 Å². The Balaban J connectivity index is 1.53. The molecule has 0 bridgehead atoms. The molecule has 3 aromatic carbocycles. The van der Waals surface area contributed by atoms with Crippen molar-refractivity contribution in [1.82, 2.24) is 9.55 Å². The first kappa shape index (κ1) is 18.9. The van der Waals surface area contributed by atoms with Crippen LogP contribution in [0, 0.1) is 5.82 Å². The van der Waals surface area contributed by atoms with Crippen LogP contribution in [0.25, 0.3) is 22.4 Å². The number of hydrogen-bond acceptors (Lipinski definition) is 2. The Bertz CT molecular complexity index is 1120. The van der Waals surface area contributed by atoms with Crippen LogP contribution < -0.4 is 4.74 Å². The van der Waals surface area contributed by atoms with Gasteiger partial charge in [0.25, 0.3) is 0 Å². The fourth-order valence-corrected chi connectivity index (χ4v) is 3.49. The number of aryl methyl sites for hydroxylation is 1. The SMILES string of the molecule is C=CCc1ccccc1OCCCn1c(-c2ccc(F)cc2)nc2ccccc21. The molecule has 0 radical (unpaired) electrons. The summed E-state index contributed by atoms with van der Waals surface area (Å²) >= 11 is 0. The summed E-state index contributed by atoms with van der Waals surface area (Å²) in [5, 5.41) is 0. The smallest absolute Gasteiger partial charge is 0.141 e. The second-order valence-electron chi connectivity index (χ2n) is 6.89. The lowest BCUT2D eigenvalue weighted by atomic mass is 10.1. The van der Waals surface area contributed by atoms with Gasteiger partial charge in [0.1, 0.15) is 17.4 Å². The van der Waals surface area contributed by atoms with Gasteiger partial charge in [0, 0.05) is 12.1 Å². The Hall–Kier alpha value is -3.40. The van der Waals surface area contributed by atoms with E-state index in [0.29, 0.717) is 6.61 Å². The molecular formula is C25H23FN2O. The highest BCUT2D eigenvalue weighted by Gasteiger charge is 2.12. The van der Waals surface area contributed by atoms with Gasteiger partial charge in [-0.15, -0.1) is 6.58 Å². The number of rotatable bonds is 8. The van der Waals surface area contributed by atoms with Crippen molar-refractivity contribution in [2.45, 2.75) is 19.4 Å². The van der Waals surface area contributed by atoms with Gasteiger partial charge in [-0.2, -0.15) is 0 Å². The highest BCUT2D eigenvalue weighted by molar-refractivity contribution is 5.80. The highest BCUT2D eigenvalue weighted by Crippen LogP contribution is 2.26. The fourth-order valence-electron chi connectivity index (χ4n) is 3.49. The van der Waals surface area contributed by atoms with E-state index in [1.54, 1.807) is 12.1 Å². The molecule has 29 heavy (non-hydrogen) atoms. The topological polar surface area (TPSA) is 27.1 Å². The molecule has 4 aromatic rings. The van der Waals surface area contributed by atoms with Gasteiger partial charge in [-0.05, 0) is 60.9 Å². The standard InChI is InChI=1S/C25H23FN2O/c1-2-8-19-9-3-6-12-24(19)29-18-7-17-28-23-11-5-4-10-22(23)27-25(28)20-13-15-21(26)16-14-20/h2-6,9-16H,1,7-8,17-18H2. The van der Waals surface area contributed by atoms with E-state index in [4.69, 9.17) is 9.72 Å². The van der Waals surface area contributed by atoms with Gasteiger partial charge in [-0.25, -0.2) is 9.37 Å². The number of fused-ring (bicyclic) bond motifs is 1. The van der Waals surface area contributed by atoms with Crippen molar-refractivity contribution in [3.05, 3.63) is 96.8 Å². The Kier molecular flexibility index (Phi) is 5.71. The molecule has 1 aromatic heterocycles. The first-order valence-electron chi connectivity index (χ1n) is 9.79. The Morgan fingerprint density at radius 2 is 1.72 bits per heavy atom. The second kappa shape index (κ2) is 8.74. The molecule has 4 heteroatoms. The van der Waals surface area contributed by atoms with E-state index in [0.717, 1.165) is 53.1 Å². The van der Waals surface area contributed by atoms with E-state index in [9.17, 15) is 4.39 Å². The van der Waals surface area contributed by atoms with Crippen molar-refractivity contribution >= 4 is 11.0 Å². The molecule has 0 aliphatic rings. The van der Waals surface area contributed by atoms with Gasteiger partial charge in [0.2, 0.25) is 0 Å². The first-order chi connectivity index (χ1) is 14.3. The number of nitrogens with zero attached hydrogens (tertiary/aromatic N) is 2. The molecule has 0 aliphatic carbocycles. The molecule has 0 N–H and O–H groups in total. The van der Waals surface area contributed by atoms with E-state index >= 15 is 0 Å². The summed E-state index contributed by atoms with van der Waals surface area (Å²) in [5.74, 6) is 1.50. The molecule has 0 saturated heterocycles. The predicted octanol–water partition coefficient (Wildman–Crippen LogP) is 6.04. The van der Waals surface area contributed by atoms with E-state index in [1.165, 1.54) is 12.1 Å². The molecule has 0 atom stereocenters. The Labute approximate surface area is 170 Å². The summed E-state index contributed by atoms with van der Waals surface area (Å²) in [6, 6.07) is 22.6. The number of para-hydroxylation sites is 3. The van der Waals surface area contributed by atoms with Gasteiger partial charge >= 0.3 is 0 Å². The lowest BCUT2D eigenvalue weighted by Crippen LogP contribution is -2.07. The second-order valence-corrected chi connectivity index (χ2v) is 6.89. The zero-order chi connectivity index (χ0) is 20.1. The number of halogens is 1. The van der Waals surface area contributed by atoms with Crippen LogP contribution in [0.15, 0.2) is 85.5 Å². The van der Waals surface area contributed by atoms with Crippen molar-refractivity contribution in [1.29, 1.82) is 0 Å². The quantitative estimate of drug-likeness (QED) is 0.273. The maximum atomic E-state index is 13.4. The lowest BCUT2D eigenvalue weighted by molar-refractivity contribution is 0.300. The lowest BCUT2D eigenvalue weighted by Gasteiger charge is -2.12.